The summed E-state index contributed by atoms with van der Waals surface area (Å²) >= 11 is 0. The number of ether oxygens (including phenoxy) is 1. The predicted molar refractivity (Wildman–Crippen MR) is 79.0 cm³/mol. The fourth-order valence-electron chi connectivity index (χ4n) is 2.23. The highest BCUT2D eigenvalue weighted by molar-refractivity contribution is 5.81. The zero-order chi connectivity index (χ0) is 15.3. The summed E-state index contributed by atoms with van der Waals surface area (Å²) in [6.07, 6.45) is 0.176. The highest BCUT2D eigenvalue weighted by Crippen LogP contribution is 2.16. The van der Waals surface area contributed by atoms with Crippen molar-refractivity contribution in [1.82, 2.24) is 4.90 Å². The van der Waals surface area contributed by atoms with Crippen molar-refractivity contribution >= 4 is 12.2 Å². The van der Waals surface area contributed by atoms with Gasteiger partial charge in [0.1, 0.15) is 12.0 Å². The Morgan fingerprint density at radius 1 is 1.15 bits per heavy atom. The van der Waals surface area contributed by atoms with E-state index in [1.807, 2.05) is 27.7 Å². The maximum absolute atomic E-state index is 12.4. The molecule has 1 aromatic carbocycles. The van der Waals surface area contributed by atoms with Crippen LogP contribution in [-0.4, -0.2) is 35.3 Å². The van der Waals surface area contributed by atoms with E-state index >= 15 is 0 Å². The second-order valence-electron chi connectivity index (χ2n) is 5.38. The van der Waals surface area contributed by atoms with Crippen molar-refractivity contribution in [3.05, 3.63) is 29.8 Å². The number of carbonyl (C=O) groups excluding carboxylic acids is 2. The lowest BCUT2D eigenvalue weighted by atomic mass is 10.2. The lowest BCUT2D eigenvalue weighted by Crippen LogP contribution is -2.48. The summed E-state index contributed by atoms with van der Waals surface area (Å²) in [5.74, 6) is 0.481. The minimum atomic E-state index is -0.582. The molecule has 0 aliphatic rings. The van der Waals surface area contributed by atoms with Crippen molar-refractivity contribution in [2.45, 2.75) is 52.8 Å². The maximum Gasteiger partial charge on any atom is 0.263 e. The number of rotatable bonds is 6. The Bertz CT molecular complexity index is 461. The Labute approximate surface area is 120 Å². The number of carbonyl (C=O) groups is 2. The molecule has 0 aliphatic heterocycles. The molecule has 0 heterocycles. The third kappa shape index (κ3) is 4.08. The minimum absolute atomic E-state index is 0.0495. The fraction of sp³-hybridized carbons (Fsp3) is 0.500. The Morgan fingerprint density at radius 3 is 2.25 bits per heavy atom. The van der Waals surface area contributed by atoms with E-state index in [0.29, 0.717) is 11.3 Å². The van der Waals surface area contributed by atoms with Gasteiger partial charge in [-0.25, -0.2) is 0 Å². The van der Waals surface area contributed by atoms with E-state index in [0.717, 1.165) is 6.29 Å². The number of hydrogen-bond acceptors (Lipinski definition) is 3. The average Bonchev–Trinajstić information content (AvgIpc) is 2.37. The van der Waals surface area contributed by atoms with Gasteiger partial charge in [-0.1, -0.05) is 12.1 Å². The van der Waals surface area contributed by atoms with E-state index in [4.69, 9.17) is 4.74 Å². The topological polar surface area (TPSA) is 46.6 Å². The van der Waals surface area contributed by atoms with Crippen LogP contribution in [0, 0.1) is 0 Å². The molecule has 0 N–H and O–H groups in total. The Morgan fingerprint density at radius 2 is 1.75 bits per heavy atom. The van der Waals surface area contributed by atoms with Crippen molar-refractivity contribution < 1.29 is 14.3 Å². The van der Waals surface area contributed by atoms with Gasteiger partial charge in [0.15, 0.2) is 6.10 Å². The highest BCUT2D eigenvalue weighted by Gasteiger charge is 2.26. The zero-order valence-corrected chi connectivity index (χ0v) is 12.8. The fourth-order valence-corrected chi connectivity index (χ4v) is 2.23. The molecule has 4 nitrogen and oxygen atoms in total. The molecule has 1 rings (SSSR count). The van der Waals surface area contributed by atoms with Crippen LogP contribution >= 0.6 is 0 Å². The van der Waals surface area contributed by atoms with Gasteiger partial charge in [-0.3, -0.25) is 9.59 Å². The first kappa shape index (κ1) is 16.2. The molecule has 0 saturated heterocycles. The average molecular weight is 277 g/mol. The normalized spacial score (nSPS) is 12.3. The number of nitrogens with zero attached hydrogens (tertiary/aromatic N) is 1. The first-order valence-corrected chi connectivity index (χ1v) is 6.91. The van der Waals surface area contributed by atoms with Crippen LogP contribution in [0.25, 0.3) is 0 Å². The van der Waals surface area contributed by atoms with Crippen molar-refractivity contribution in [3.63, 3.8) is 0 Å². The molecule has 4 heteroatoms. The molecule has 0 saturated carbocycles. The summed E-state index contributed by atoms with van der Waals surface area (Å²) in [6, 6.07) is 7.04. The van der Waals surface area contributed by atoms with Crippen LogP contribution in [0.1, 0.15) is 45.0 Å². The van der Waals surface area contributed by atoms with Crippen LogP contribution in [0.3, 0.4) is 0 Å². The third-order valence-electron chi connectivity index (χ3n) is 3.02. The molecule has 1 aromatic rings. The number of amides is 1. The van der Waals surface area contributed by atoms with E-state index in [1.54, 1.807) is 36.1 Å². The summed E-state index contributed by atoms with van der Waals surface area (Å²) in [6.45, 7) is 9.66. The quantitative estimate of drug-likeness (QED) is 0.751. The van der Waals surface area contributed by atoms with Gasteiger partial charge in [0.25, 0.3) is 5.91 Å². The molecule has 0 radical (unpaired) electrons. The molecule has 20 heavy (non-hydrogen) atoms. The smallest absolute Gasteiger partial charge is 0.263 e. The van der Waals surface area contributed by atoms with Gasteiger partial charge in [-0.2, -0.15) is 0 Å². The standard InChI is InChI=1S/C16H23NO3/c1-11(2)17(12(3)4)16(19)13(5)20-15-8-6-7-14(9-15)10-18/h6-13H,1-5H3. The molecule has 1 unspecified atom stereocenters. The van der Waals surface area contributed by atoms with Crippen molar-refractivity contribution in [2.24, 2.45) is 0 Å². The maximum atomic E-state index is 12.4. The summed E-state index contributed by atoms with van der Waals surface area (Å²) in [5.41, 5.74) is 0.534. The van der Waals surface area contributed by atoms with Gasteiger partial charge >= 0.3 is 0 Å². The van der Waals surface area contributed by atoms with Crippen LogP contribution in [0.4, 0.5) is 0 Å². The second kappa shape index (κ2) is 7.08. The predicted octanol–water partition coefficient (Wildman–Crippen LogP) is 2.91. The van der Waals surface area contributed by atoms with Gasteiger partial charge in [-0.05, 0) is 46.8 Å². The molecule has 1 atom stereocenters. The first-order chi connectivity index (χ1) is 9.36. The summed E-state index contributed by atoms with van der Waals surface area (Å²) in [4.78, 5) is 25.0. The third-order valence-corrected chi connectivity index (χ3v) is 3.02. The molecule has 0 aromatic heterocycles. The van der Waals surface area contributed by atoms with Crippen molar-refractivity contribution in [1.29, 1.82) is 0 Å². The lowest BCUT2D eigenvalue weighted by Gasteiger charge is -2.33. The number of benzene rings is 1. The number of aldehydes is 1. The minimum Gasteiger partial charge on any atom is -0.481 e. The van der Waals surface area contributed by atoms with Crippen molar-refractivity contribution in [3.8, 4) is 5.75 Å². The SMILES string of the molecule is CC(Oc1cccc(C=O)c1)C(=O)N(C(C)C)C(C)C. The van der Waals surface area contributed by atoms with Gasteiger partial charge in [0.2, 0.25) is 0 Å². The monoisotopic (exact) mass is 277 g/mol. The Balaban J connectivity index is 2.81. The zero-order valence-electron chi connectivity index (χ0n) is 12.8. The largest absolute Gasteiger partial charge is 0.481 e. The molecular weight excluding hydrogens is 254 g/mol. The van der Waals surface area contributed by atoms with Gasteiger partial charge in [0, 0.05) is 17.6 Å². The molecule has 0 spiro atoms. The highest BCUT2D eigenvalue weighted by atomic mass is 16.5. The molecule has 0 bridgehead atoms. The van der Waals surface area contributed by atoms with Crippen LogP contribution < -0.4 is 4.74 Å². The molecule has 1 amide bonds. The molecular formula is C16H23NO3. The van der Waals surface area contributed by atoms with Crippen LogP contribution in [-0.2, 0) is 4.79 Å². The van der Waals surface area contributed by atoms with Gasteiger partial charge in [-0.15, -0.1) is 0 Å². The van der Waals surface area contributed by atoms with Crippen LogP contribution in [0.15, 0.2) is 24.3 Å². The summed E-state index contributed by atoms with van der Waals surface area (Å²) in [5, 5.41) is 0. The van der Waals surface area contributed by atoms with Gasteiger partial charge in [0.05, 0.1) is 0 Å². The molecule has 0 aliphatic carbocycles. The van der Waals surface area contributed by atoms with E-state index < -0.39 is 6.10 Å². The van der Waals surface area contributed by atoms with Crippen molar-refractivity contribution in [2.75, 3.05) is 0 Å². The van der Waals surface area contributed by atoms with Gasteiger partial charge < -0.3 is 9.64 Å². The summed E-state index contributed by atoms with van der Waals surface area (Å²) < 4.78 is 5.65. The Kier molecular flexibility index (Phi) is 5.74. The van der Waals surface area contributed by atoms with Crippen LogP contribution in [0.5, 0.6) is 5.75 Å². The second-order valence-corrected chi connectivity index (χ2v) is 5.38. The number of hydrogen-bond donors (Lipinski definition) is 0. The van der Waals surface area contributed by atoms with E-state index in [2.05, 4.69) is 0 Å². The van der Waals surface area contributed by atoms with E-state index in [9.17, 15) is 9.59 Å². The molecule has 0 fully saturated rings. The molecule has 110 valence electrons. The first-order valence-electron chi connectivity index (χ1n) is 6.91. The van der Waals surface area contributed by atoms with Crippen LogP contribution in [0.2, 0.25) is 0 Å². The summed E-state index contributed by atoms with van der Waals surface area (Å²) in [7, 11) is 0. The van der Waals surface area contributed by atoms with E-state index in [1.165, 1.54) is 0 Å². The van der Waals surface area contributed by atoms with E-state index in [-0.39, 0.29) is 18.0 Å². The lowest BCUT2D eigenvalue weighted by molar-refractivity contribution is -0.141. The Hall–Kier alpha value is -1.84.